The molecule has 8 heteroatoms. The maximum atomic E-state index is 12.4. The quantitative estimate of drug-likeness (QED) is 0.591. The summed E-state index contributed by atoms with van der Waals surface area (Å²) in [6.07, 6.45) is 0. The third kappa shape index (κ3) is 4.81. The molecule has 3 aromatic rings. The number of anilines is 1. The number of carbonyl (C=O) groups excluding carboxylic acids is 1. The number of rotatable bonds is 6. The largest absolute Gasteiger partial charge is 0.496 e. The third-order valence-electron chi connectivity index (χ3n) is 3.85. The van der Waals surface area contributed by atoms with Crippen molar-refractivity contribution in [3.05, 3.63) is 53.1 Å². The number of nitrogens with zero attached hydrogens (tertiary/aromatic N) is 2. The molecule has 0 spiro atoms. The van der Waals surface area contributed by atoms with Gasteiger partial charge in [-0.15, -0.1) is 5.10 Å². The van der Waals surface area contributed by atoms with Gasteiger partial charge >= 0.3 is 0 Å². The predicted molar refractivity (Wildman–Crippen MR) is 109 cm³/mol. The van der Waals surface area contributed by atoms with Crippen molar-refractivity contribution in [2.45, 2.75) is 24.3 Å². The van der Waals surface area contributed by atoms with Crippen LogP contribution in [0.25, 0.3) is 11.4 Å². The van der Waals surface area contributed by atoms with Gasteiger partial charge in [-0.3, -0.25) is 9.89 Å². The molecular weight excluding hydrogens is 384 g/mol. The number of carbonyl (C=O) groups is 1. The zero-order valence-corrected chi connectivity index (χ0v) is 16.7. The molecule has 140 valence electrons. The van der Waals surface area contributed by atoms with Crippen molar-refractivity contribution in [2.24, 2.45) is 0 Å². The molecule has 0 saturated heterocycles. The van der Waals surface area contributed by atoms with Gasteiger partial charge in [0, 0.05) is 10.7 Å². The van der Waals surface area contributed by atoms with Crippen LogP contribution in [0.15, 0.2) is 47.6 Å². The number of hydrogen-bond donors (Lipinski definition) is 2. The first-order valence-corrected chi connectivity index (χ1v) is 9.52. The minimum Gasteiger partial charge on any atom is -0.496 e. The Hall–Kier alpha value is -2.51. The van der Waals surface area contributed by atoms with Gasteiger partial charge < -0.3 is 10.1 Å². The number of methoxy groups -OCH3 is 1. The highest BCUT2D eigenvalue weighted by molar-refractivity contribution is 8.00. The highest BCUT2D eigenvalue weighted by atomic mass is 35.5. The number of H-pyrrole nitrogens is 1. The molecular formula is C19H19ClN4O2S. The van der Waals surface area contributed by atoms with Gasteiger partial charge in [0.1, 0.15) is 5.75 Å². The Balaban J connectivity index is 1.69. The van der Waals surface area contributed by atoms with E-state index in [2.05, 4.69) is 20.5 Å². The topological polar surface area (TPSA) is 79.9 Å². The molecule has 1 heterocycles. The second-order valence-electron chi connectivity index (χ2n) is 5.93. The molecule has 2 N–H and O–H groups in total. The van der Waals surface area contributed by atoms with E-state index in [-0.39, 0.29) is 11.2 Å². The lowest BCUT2D eigenvalue weighted by molar-refractivity contribution is -0.115. The fourth-order valence-corrected chi connectivity index (χ4v) is 3.27. The normalized spacial score (nSPS) is 11.9. The summed E-state index contributed by atoms with van der Waals surface area (Å²) in [6.45, 7) is 3.81. The van der Waals surface area contributed by atoms with Crippen LogP contribution in [0.1, 0.15) is 12.5 Å². The molecule has 1 atom stereocenters. The van der Waals surface area contributed by atoms with Crippen molar-refractivity contribution < 1.29 is 9.53 Å². The van der Waals surface area contributed by atoms with Crippen molar-refractivity contribution in [1.29, 1.82) is 0 Å². The molecule has 2 aromatic carbocycles. The summed E-state index contributed by atoms with van der Waals surface area (Å²) < 4.78 is 5.34. The minimum absolute atomic E-state index is 0.115. The Morgan fingerprint density at radius 3 is 2.70 bits per heavy atom. The summed E-state index contributed by atoms with van der Waals surface area (Å²) in [4.78, 5) is 16.8. The molecule has 0 aliphatic rings. The number of nitrogens with one attached hydrogen (secondary N) is 2. The molecule has 0 fully saturated rings. The van der Waals surface area contributed by atoms with Crippen LogP contribution in [0.3, 0.4) is 0 Å². The monoisotopic (exact) mass is 402 g/mol. The Labute approximate surface area is 166 Å². The van der Waals surface area contributed by atoms with E-state index in [1.165, 1.54) is 11.8 Å². The lowest BCUT2D eigenvalue weighted by atomic mass is 10.2. The van der Waals surface area contributed by atoms with Gasteiger partial charge in [0.2, 0.25) is 11.1 Å². The van der Waals surface area contributed by atoms with Gasteiger partial charge in [0.05, 0.1) is 17.9 Å². The first kappa shape index (κ1) is 19.3. The number of aromatic amines is 1. The lowest BCUT2D eigenvalue weighted by Gasteiger charge is -2.10. The summed E-state index contributed by atoms with van der Waals surface area (Å²) in [7, 11) is 1.58. The van der Waals surface area contributed by atoms with Crippen LogP contribution in [0.5, 0.6) is 5.75 Å². The molecule has 0 saturated carbocycles. The molecule has 0 aliphatic carbocycles. The number of aryl methyl sites for hydroxylation is 1. The average Bonchev–Trinajstić information content (AvgIpc) is 3.11. The Morgan fingerprint density at radius 1 is 1.26 bits per heavy atom. The number of thioether (sulfide) groups is 1. The maximum Gasteiger partial charge on any atom is 0.237 e. The van der Waals surface area contributed by atoms with Gasteiger partial charge in [0.15, 0.2) is 5.82 Å². The highest BCUT2D eigenvalue weighted by Gasteiger charge is 2.18. The zero-order chi connectivity index (χ0) is 19.4. The second kappa shape index (κ2) is 8.45. The van der Waals surface area contributed by atoms with Crippen molar-refractivity contribution in [1.82, 2.24) is 15.2 Å². The Morgan fingerprint density at radius 2 is 2.00 bits per heavy atom. The number of amides is 1. The average molecular weight is 403 g/mol. The molecule has 0 aliphatic heterocycles. The van der Waals surface area contributed by atoms with Crippen molar-refractivity contribution >= 4 is 35.0 Å². The van der Waals surface area contributed by atoms with E-state index in [4.69, 9.17) is 16.3 Å². The smallest absolute Gasteiger partial charge is 0.237 e. The van der Waals surface area contributed by atoms with Gasteiger partial charge in [-0.05, 0) is 44.2 Å². The number of ether oxygens (including phenoxy) is 1. The fraction of sp³-hybridized carbons (Fsp3) is 0.211. The van der Waals surface area contributed by atoms with E-state index < -0.39 is 0 Å². The van der Waals surface area contributed by atoms with Crippen LogP contribution in [0.2, 0.25) is 5.02 Å². The van der Waals surface area contributed by atoms with Crippen LogP contribution >= 0.6 is 23.4 Å². The molecule has 1 aromatic heterocycles. The minimum atomic E-state index is -0.365. The summed E-state index contributed by atoms with van der Waals surface area (Å²) in [6, 6.07) is 12.9. The zero-order valence-electron chi connectivity index (χ0n) is 15.1. The summed E-state index contributed by atoms with van der Waals surface area (Å²) in [5.74, 6) is 1.05. The first-order valence-electron chi connectivity index (χ1n) is 8.27. The molecule has 6 nitrogen and oxygen atoms in total. The summed E-state index contributed by atoms with van der Waals surface area (Å²) in [5.41, 5.74) is 2.61. The number of benzene rings is 2. The number of hydrogen-bond acceptors (Lipinski definition) is 5. The lowest BCUT2D eigenvalue weighted by Crippen LogP contribution is -2.22. The van der Waals surface area contributed by atoms with Crippen LogP contribution in [0.4, 0.5) is 5.69 Å². The van der Waals surface area contributed by atoms with E-state index in [1.54, 1.807) is 25.3 Å². The Bertz CT molecular complexity index is 943. The highest BCUT2D eigenvalue weighted by Crippen LogP contribution is 2.31. The van der Waals surface area contributed by atoms with Crippen LogP contribution < -0.4 is 10.1 Å². The molecule has 1 amide bonds. The van der Waals surface area contributed by atoms with Gasteiger partial charge in [-0.2, -0.15) is 0 Å². The van der Waals surface area contributed by atoms with E-state index in [0.29, 0.717) is 27.3 Å². The van der Waals surface area contributed by atoms with Crippen molar-refractivity contribution in [3.63, 3.8) is 0 Å². The first-order chi connectivity index (χ1) is 13.0. The second-order valence-corrected chi connectivity index (χ2v) is 7.67. The maximum absolute atomic E-state index is 12.4. The van der Waals surface area contributed by atoms with Crippen molar-refractivity contribution in [2.75, 3.05) is 12.4 Å². The summed E-state index contributed by atoms with van der Waals surface area (Å²) in [5, 5.41) is 10.6. The van der Waals surface area contributed by atoms with E-state index >= 15 is 0 Å². The van der Waals surface area contributed by atoms with E-state index in [9.17, 15) is 4.79 Å². The van der Waals surface area contributed by atoms with Gasteiger partial charge in [0.25, 0.3) is 0 Å². The standard InChI is InChI=1S/C19H19ClN4O2S/c1-11-4-7-14(8-5-11)21-18(25)12(2)27-19-22-17(23-24-19)15-10-13(20)6-9-16(15)26-3/h4-10,12H,1-3H3,(H,21,25)(H,22,23,24)/t12-/m1/s1. The SMILES string of the molecule is COc1ccc(Cl)cc1-c1nc(S[C@H](C)C(=O)Nc2ccc(C)cc2)n[nH]1. The predicted octanol–water partition coefficient (Wildman–Crippen LogP) is 4.56. The molecule has 27 heavy (non-hydrogen) atoms. The Kier molecular flexibility index (Phi) is 6.03. The fourth-order valence-electron chi connectivity index (χ4n) is 2.38. The molecule has 0 unspecified atom stereocenters. The molecule has 3 rings (SSSR count). The van der Waals surface area contributed by atoms with Gasteiger partial charge in [-0.25, -0.2) is 4.98 Å². The van der Waals surface area contributed by atoms with Crippen LogP contribution in [-0.2, 0) is 4.79 Å². The number of halogens is 1. The molecule has 0 bridgehead atoms. The van der Waals surface area contributed by atoms with Gasteiger partial charge in [-0.1, -0.05) is 41.1 Å². The molecule has 0 radical (unpaired) electrons. The van der Waals surface area contributed by atoms with Crippen molar-refractivity contribution in [3.8, 4) is 17.1 Å². The van der Waals surface area contributed by atoms with E-state index in [1.807, 2.05) is 38.1 Å². The third-order valence-corrected chi connectivity index (χ3v) is 5.05. The number of aromatic nitrogens is 3. The van der Waals surface area contributed by atoms with Crippen LogP contribution in [0, 0.1) is 6.92 Å². The van der Waals surface area contributed by atoms with Crippen LogP contribution in [-0.4, -0.2) is 33.4 Å². The van der Waals surface area contributed by atoms with E-state index in [0.717, 1.165) is 11.3 Å². The summed E-state index contributed by atoms with van der Waals surface area (Å²) >= 11 is 7.34.